The molecule has 1 aliphatic rings. The van der Waals surface area contributed by atoms with Gasteiger partial charge in [-0.05, 0) is 60.4 Å². The lowest BCUT2D eigenvalue weighted by atomic mass is 9.86. The molecular weight excluding hydrogens is 274 g/mol. The van der Waals surface area contributed by atoms with E-state index in [-0.39, 0.29) is 5.78 Å². The number of nitrogens with zero attached hydrogens (tertiary/aromatic N) is 1. The molecule has 22 heavy (non-hydrogen) atoms. The fourth-order valence-electron chi connectivity index (χ4n) is 2.72. The Bertz CT molecular complexity index is 812. The molecule has 0 heterocycles. The maximum absolute atomic E-state index is 12.6. The molecule has 3 rings (SSSR count). The molecule has 0 fully saturated rings. The number of ketones is 1. The Morgan fingerprint density at radius 1 is 1.18 bits per heavy atom. The van der Waals surface area contributed by atoms with Gasteiger partial charge in [-0.3, -0.25) is 4.79 Å². The van der Waals surface area contributed by atoms with E-state index in [4.69, 9.17) is 10.00 Å². The minimum atomic E-state index is 0.0614. The maximum atomic E-state index is 12.6. The van der Waals surface area contributed by atoms with Gasteiger partial charge in [0.1, 0.15) is 5.75 Å². The normalized spacial score (nSPS) is 15.3. The number of methoxy groups -OCH3 is 1. The third-order valence-electron chi connectivity index (χ3n) is 3.87. The molecule has 2 aromatic rings. The first-order valence-corrected chi connectivity index (χ1v) is 7.13. The van der Waals surface area contributed by atoms with Crippen LogP contribution in [-0.4, -0.2) is 12.9 Å². The quantitative estimate of drug-likeness (QED) is 0.790. The van der Waals surface area contributed by atoms with Crippen molar-refractivity contribution in [2.24, 2.45) is 0 Å². The number of hydrogen-bond acceptors (Lipinski definition) is 3. The van der Waals surface area contributed by atoms with Crippen LogP contribution in [0, 0.1) is 11.3 Å². The number of nitriles is 1. The van der Waals surface area contributed by atoms with E-state index in [2.05, 4.69) is 6.07 Å². The zero-order valence-electron chi connectivity index (χ0n) is 12.3. The van der Waals surface area contributed by atoms with Gasteiger partial charge in [0, 0.05) is 11.1 Å². The van der Waals surface area contributed by atoms with Crippen LogP contribution in [-0.2, 0) is 6.42 Å². The molecule has 0 amide bonds. The van der Waals surface area contributed by atoms with Crippen molar-refractivity contribution in [3.05, 3.63) is 70.3 Å². The molecule has 0 radical (unpaired) electrons. The predicted octanol–water partition coefficient (Wildman–Crippen LogP) is 3.78. The van der Waals surface area contributed by atoms with Gasteiger partial charge in [0.15, 0.2) is 5.78 Å². The number of hydrogen-bond donors (Lipinski definition) is 0. The Balaban J connectivity index is 1.95. The maximum Gasteiger partial charge on any atom is 0.189 e. The number of aryl methyl sites for hydroxylation is 1. The summed E-state index contributed by atoms with van der Waals surface area (Å²) in [5.74, 6) is 0.840. The summed E-state index contributed by atoms with van der Waals surface area (Å²) in [5, 5.41) is 8.95. The smallest absolute Gasteiger partial charge is 0.189 e. The summed E-state index contributed by atoms with van der Waals surface area (Å²) in [5.41, 5.74) is 4.05. The van der Waals surface area contributed by atoms with Crippen molar-refractivity contribution in [3.63, 3.8) is 0 Å². The fraction of sp³-hybridized carbons (Fsp3) is 0.158. The minimum Gasteiger partial charge on any atom is -0.497 e. The zero-order valence-corrected chi connectivity index (χ0v) is 12.3. The Hall–Kier alpha value is -2.86. The van der Waals surface area contributed by atoms with Gasteiger partial charge in [0.2, 0.25) is 0 Å². The van der Waals surface area contributed by atoms with E-state index in [1.54, 1.807) is 19.2 Å². The molecule has 0 saturated carbocycles. The van der Waals surface area contributed by atoms with Gasteiger partial charge in [-0.2, -0.15) is 5.26 Å². The Morgan fingerprint density at radius 2 is 2.05 bits per heavy atom. The van der Waals surface area contributed by atoms with E-state index in [9.17, 15) is 4.79 Å². The number of benzene rings is 2. The van der Waals surface area contributed by atoms with Gasteiger partial charge in [0.25, 0.3) is 0 Å². The number of carbonyl (C=O) groups is 1. The van der Waals surface area contributed by atoms with Crippen LogP contribution in [0.15, 0.2) is 48.0 Å². The number of rotatable bonds is 2. The van der Waals surface area contributed by atoms with E-state index in [1.807, 2.05) is 36.4 Å². The molecule has 1 aliphatic carbocycles. The number of Topliss-reactive ketones (excluding diaryl/α,β-unsaturated/α-hetero) is 1. The van der Waals surface area contributed by atoms with Gasteiger partial charge in [0.05, 0.1) is 18.7 Å². The number of fused-ring (bicyclic) bond motifs is 1. The Labute approximate surface area is 129 Å². The summed E-state index contributed by atoms with van der Waals surface area (Å²) >= 11 is 0. The molecule has 108 valence electrons. The van der Waals surface area contributed by atoms with Crippen LogP contribution >= 0.6 is 0 Å². The third-order valence-corrected chi connectivity index (χ3v) is 3.87. The summed E-state index contributed by atoms with van der Waals surface area (Å²) in [4.78, 5) is 12.6. The summed E-state index contributed by atoms with van der Waals surface area (Å²) in [6.45, 7) is 0. The molecule has 0 bridgehead atoms. The third kappa shape index (κ3) is 2.64. The van der Waals surface area contributed by atoms with E-state index < -0.39 is 0 Å². The van der Waals surface area contributed by atoms with Crippen LogP contribution in [0.5, 0.6) is 5.75 Å². The van der Waals surface area contributed by atoms with Gasteiger partial charge in [-0.1, -0.05) is 12.1 Å². The summed E-state index contributed by atoms with van der Waals surface area (Å²) in [6.07, 6.45) is 3.41. The van der Waals surface area contributed by atoms with Crippen molar-refractivity contribution in [2.75, 3.05) is 7.11 Å². The molecule has 0 spiro atoms. The molecule has 3 heteroatoms. The lowest BCUT2D eigenvalue weighted by Crippen LogP contribution is -2.14. The van der Waals surface area contributed by atoms with Gasteiger partial charge >= 0.3 is 0 Å². The summed E-state index contributed by atoms with van der Waals surface area (Å²) in [7, 11) is 1.62. The second-order valence-corrected chi connectivity index (χ2v) is 5.26. The van der Waals surface area contributed by atoms with Crippen LogP contribution in [0.2, 0.25) is 0 Å². The average Bonchev–Trinajstić information content (AvgIpc) is 2.57. The number of allylic oxidation sites excluding steroid dienone is 1. The van der Waals surface area contributed by atoms with Crippen LogP contribution in [0.4, 0.5) is 0 Å². The van der Waals surface area contributed by atoms with Crippen LogP contribution < -0.4 is 4.74 Å². The second-order valence-electron chi connectivity index (χ2n) is 5.26. The topological polar surface area (TPSA) is 50.1 Å². The fourth-order valence-corrected chi connectivity index (χ4v) is 2.72. The van der Waals surface area contributed by atoms with Crippen LogP contribution in [0.1, 0.15) is 33.5 Å². The van der Waals surface area contributed by atoms with Crippen molar-refractivity contribution in [1.82, 2.24) is 0 Å². The second kappa shape index (κ2) is 5.87. The molecule has 3 nitrogen and oxygen atoms in total. The SMILES string of the molecule is COc1ccc2c(c1)CC/C(=C/c1cccc(C#N)c1)C2=O. The average molecular weight is 289 g/mol. The number of ether oxygens (including phenoxy) is 1. The van der Waals surface area contributed by atoms with Crippen molar-refractivity contribution in [2.45, 2.75) is 12.8 Å². The molecule has 0 atom stereocenters. The summed E-state index contributed by atoms with van der Waals surface area (Å²) in [6, 6.07) is 15.0. The van der Waals surface area contributed by atoms with E-state index in [0.29, 0.717) is 12.0 Å². The lowest BCUT2D eigenvalue weighted by Gasteiger charge is -2.18. The van der Waals surface area contributed by atoms with Crippen molar-refractivity contribution < 1.29 is 9.53 Å². The zero-order chi connectivity index (χ0) is 15.5. The highest BCUT2D eigenvalue weighted by Gasteiger charge is 2.22. The molecule has 0 N–H and O–H groups in total. The highest BCUT2D eigenvalue weighted by Crippen LogP contribution is 2.29. The molecule has 0 saturated heterocycles. The van der Waals surface area contributed by atoms with Gasteiger partial charge < -0.3 is 4.74 Å². The van der Waals surface area contributed by atoms with E-state index >= 15 is 0 Å². The number of carbonyl (C=O) groups excluding carboxylic acids is 1. The molecule has 2 aromatic carbocycles. The van der Waals surface area contributed by atoms with Crippen molar-refractivity contribution in [3.8, 4) is 11.8 Å². The molecule has 0 aliphatic heterocycles. The first-order valence-electron chi connectivity index (χ1n) is 7.13. The van der Waals surface area contributed by atoms with E-state index in [1.165, 1.54) is 0 Å². The van der Waals surface area contributed by atoms with E-state index in [0.717, 1.165) is 34.4 Å². The lowest BCUT2D eigenvalue weighted by molar-refractivity contribution is 0.102. The van der Waals surface area contributed by atoms with Gasteiger partial charge in [-0.25, -0.2) is 0 Å². The van der Waals surface area contributed by atoms with Crippen LogP contribution in [0.25, 0.3) is 6.08 Å². The highest BCUT2D eigenvalue weighted by atomic mass is 16.5. The first kappa shape index (κ1) is 14.1. The van der Waals surface area contributed by atoms with Crippen molar-refractivity contribution >= 4 is 11.9 Å². The Kier molecular flexibility index (Phi) is 3.76. The first-order chi connectivity index (χ1) is 10.7. The van der Waals surface area contributed by atoms with Crippen LogP contribution in [0.3, 0.4) is 0 Å². The largest absolute Gasteiger partial charge is 0.497 e. The standard InChI is InChI=1S/C19H15NO2/c1-22-17-7-8-18-15(11-17)5-6-16(19(18)21)10-13-3-2-4-14(9-13)12-20/h2-4,7-11H,5-6H2,1H3/b16-10-. The predicted molar refractivity (Wildman–Crippen MR) is 84.8 cm³/mol. The molecule has 0 aromatic heterocycles. The Morgan fingerprint density at radius 3 is 2.82 bits per heavy atom. The highest BCUT2D eigenvalue weighted by molar-refractivity contribution is 6.13. The van der Waals surface area contributed by atoms with Gasteiger partial charge in [-0.15, -0.1) is 0 Å². The van der Waals surface area contributed by atoms with Crippen molar-refractivity contribution in [1.29, 1.82) is 5.26 Å². The molecular formula is C19H15NO2. The minimum absolute atomic E-state index is 0.0614. The monoisotopic (exact) mass is 289 g/mol. The summed E-state index contributed by atoms with van der Waals surface area (Å²) < 4.78 is 5.21. The molecule has 0 unspecified atom stereocenters.